The number of nitrogen functional groups attached to an aromatic ring is 1. The summed E-state index contributed by atoms with van der Waals surface area (Å²) in [5, 5.41) is 0. The van der Waals surface area contributed by atoms with Crippen molar-refractivity contribution in [3.63, 3.8) is 0 Å². The number of benzene rings is 2. The van der Waals surface area contributed by atoms with Crippen LogP contribution >= 0.6 is 0 Å². The smallest absolute Gasteiger partial charge is 0.142 e. The highest BCUT2D eigenvalue weighted by Crippen LogP contribution is 2.42. The van der Waals surface area contributed by atoms with Crippen LogP contribution in [0, 0.1) is 0 Å². The van der Waals surface area contributed by atoms with Gasteiger partial charge >= 0.3 is 0 Å². The SMILES string of the molecule is CCCCOc1ccc2c(c1N)Cc1ccccc1-2. The summed E-state index contributed by atoms with van der Waals surface area (Å²) in [6.07, 6.45) is 3.12. The van der Waals surface area contributed by atoms with Gasteiger partial charge in [0.15, 0.2) is 0 Å². The average Bonchev–Trinajstić information content (AvgIpc) is 2.81. The molecule has 0 unspecified atom stereocenters. The molecule has 2 aromatic carbocycles. The molecule has 2 heteroatoms. The fourth-order valence-electron chi connectivity index (χ4n) is 2.67. The number of rotatable bonds is 4. The van der Waals surface area contributed by atoms with E-state index >= 15 is 0 Å². The molecule has 0 saturated carbocycles. The van der Waals surface area contributed by atoms with Crippen molar-refractivity contribution in [1.82, 2.24) is 0 Å². The van der Waals surface area contributed by atoms with Crippen molar-refractivity contribution < 1.29 is 4.74 Å². The Labute approximate surface area is 114 Å². The van der Waals surface area contributed by atoms with E-state index in [4.69, 9.17) is 10.5 Å². The lowest BCUT2D eigenvalue weighted by Crippen LogP contribution is -2.02. The highest BCUT2D eigenvalue weighted by molar-refractivity contribution is 5.83. The summed E-state index contributed by atoms with van der Waals surface area (Å²) in [7, 11) is 0. The summed E-state index contributed by atoms with van der Waals surface area (Å²) in [6.45, 7) is 2.90. The molecule has 0 bridgehead atoms. The maximum Gasteiger partial charge on any atom is 0.142 e. The minimum Gasteiger partial charge on any atom is -0.491 e. The third kappa shape index (κ3) is 2.07. The molecule has 2 N–H and O–H groups in total. The van der Waals surface area contributed by atoms with Crippen LogP contribution in [0.1, 0.15) is 30.9 Å². The van der Waals surface area contributed by atoms with Crippen molar-refractivity contribution in [2.75, 3.05) is 12.3 Å². The molecule has 2 nitrogen and oxygen atoms in total. The topological polar surface area (TPSA) is 35.2 Å². The zero-order chi connectivity index (χ0) is 13.2. The van der Waals surface area contributed by atoms with Gasteiger partial charge in [0.05, 0.1) is 12.3 Å². The third-order valence-electron chi connectivity index (χ3n) is 3.75. The minimum atomic E-state index is 0.742. The lowest BCUT2D eigenvalue weighted by Gasteiger charge is -2.12. The first kappa shape index (κ1) is 12.1. The molecule has 0 saturated heterocycles. The number of hydrogen-bond donors (Lipinski definition) is 1. The molecule has 1 aliphatic carbocycles. The Balaban J connectivity index is 1.93. The molecule has 0 fully saturated rings. The zero-order valence-electron chi connectivity index (χ0n) is 11.3. The zero-order valence-corrected chi connectivity index (χ0v) is 11.3. The van der Waals surface area contributed by atoms with Gasteiger partial charge in [0.25, 0.3) is 0 Å². The molecule has 2 aromatic rings. The number of ether oxygens (including phenoxy) is 1. The molecule has 0 atom stereocenters. The van der Waals surface area contributed by atoms with Gasteiger partial charge < -0.3 is 10.5 Å². The number of nitrogens with two attached hydrogens (primary N) is 1. The second-order valence-electron chi connectivity index (χ2n) is 5.04. The molecule has 98 valence electrons. The van der Waals surface area contributed by atoms with Crippen molar-refractivity contribution in [3.05, 3.63) is 47.5 Å². The van der Waals surface area contributed by atoms with Gasteiger partial charge in [-0.3, -0.25) is 0 Å². The normalized spacial score (nSPS) is 12.1. The second-order valence-corrected chi connectivity index (χ2v) is 5.04. The summed E-state index contributed by atoms with van der Waals surface area (Å²) in [5.41, 5.74) is 12.2. The Kier molecular flexibility index (Phi) is 3.16. The van der Waals surface area contributed by atoms with Crippen molar-refractivity contribution in [2.45, 2.75) is 26.2 Å². The van der Waals surface area contributed by atoms with E-state index < -0.39 is 0 Å². The fourth-order valence-corrected chi connectivity index (χ4v) is 2.67. The van der Waals surface area contributed by atoms with E-state index in [1.165, 1.54) is 22.3 Å². The lowest BCUT2D eigenvalue weighted by molar-refractivity contribution is 0.311. The van der Waals surface area contributed by atoms with Crippen LogP contribution < -0.4 is 10.5 Å². The van der Waals surface area contributed by atoms with Crippen molar-refractivity contribution in [2.24, 2.45) is 0 Å². The van der Waals surface area contributed by atoms with Crippen LogP contribution in [-0.2, 0) is 6.42 Å². The number of anilines is 1. The van der Waals surface area contributed by atoms with Gasteiger partial charge in [-0.2, -0.15) is 0 Å². The predicted molar refractivity (Wildman–Crippen MR) is 79.5 cm³/mol. The van der Waals surface area contributed by atoms with Crippen LogP contribution in [0.4, 0.5) is 5.69 Å². The van der Waals surface area contributed by atoms with E-state index in [1.54, 1.807) is 0 Å². The standard InChI is InChI=1S/C17H19NO/c1-2-3-10-19-16-9-8-14-13-7-5-4-6-12(13)11-15(14)17(16)18/h4-9H,2-3,10-11,18H2,1H3. The number of unbranched alkanes of at least 4 members (excludes halogenated alkanes) is 1. The molecular formula is C17H19NO. The highest BCUT2D eigenvalue weighted by atomic mass is 16.5. The summed E-state index contributed by atoms with van der Waals surface area (Å²) >= 11 is 0. The molecule has 1 aliphatic rings. The van der Waals surface area contributed by atoms with E-state index in [0.29, 0.717) is 0 Å². The molecule has 19 heavy (non-hydrogen) atoms. The molecule has 0 aromatic heterocycles. The van der Waals surface area contributed by atoms with Crippen LogP contribution in [0.2, 0.25) is 0 Å². The van der Waals surface area contributed by atoms with Crippen LogP contribution in [0.15, 0.2) is 36.4 Å². The highest BCUT2D eigenvalue weighted by Gasteiger charge is 2.21. The van der Waals surface area contributed by atoms with Gasteiger partial charge in [0.2, 0.25) is 0 Å². The molecule has 0 heterocycles. The van der Waals surface area contributed by atoms with E-state index in [9.17, 15) is 0 Å². The maximum absolute atomic E-state index is 6.27. The van der Waals surface area contributed by atoms with Gasteiger partial charge in [-0.25, -0.2) is 0 Å². The Morgan fingerprint density at radius 1 is 1.11 bits per heavy atom. The first-order valence-electron chi connectivity index (χ1n) is 6.93. The third-order valence-corrected chi connectivity index (χ3v) is 3.75. The molecule has 3 rings (SSSR count). The number of fused-ring (bicyclic) bond motifs is 3. The fraction of sp³-hybridized carbons (Fsp3) is 0.294. The Morgan fingerprint density at radius 2 is 1.95 bits per heavy atom. The van der Waals surface area contributed by atoms with Gasteiger partial charge in [-0.15, -0.1) is 0 Å². The monoisotopic (exact) mass is 253 g/mol. The summed E-state index contributed by atoms with van der Waals surface area (Å²) in [5.74, 6) is 0.833. The van der Waals surface area contributed by atoms with Gasteiger partial charge in [-0.1, -0.05) is 43.7 Å². The van der Waals surface area contributed by atoms with Crippen molar-refractivity contribution >= 4 is 5.69 Å². The first-order valence-corrected chi connectivity index (χ1v) is 6.93. The van der Waals surface area contributed by atoms with Crippen LogP contribution in [0.3, 0.4) is 0 Å². The second kappa shape index (κ2) is 4.96. The molecular weight excluding hydrogens is 234 g/mol. The molecule has 0 spiro atoms. The van der Waals surface area contributed by atoms with Crippen LogP contribution in [0.25, 0.3) is 11.1 Å². The molecule has 0 amide bonds. The molecule has 0 aliphatic heterocycles. The largest absolute Gasteiger partial charge is 0.491 e. The van der Waals surface area contributed by atoms with Crippen LogP contribution in [0.5, 0.6) is 5.75 Å². The maximum atomic E-state index is 6.27. The van der Waals surface area contributed by atoms with E-state index in [1.807, 2.05) is 6.07 Å². The number of hydrogen-bond acceptors (Lipinski definition) is 2. The van der Waals surface area contributed by atoms with Gasteiger partial charge in [0.1, 0.15) is 5.75 Å². The Hall–Kier alpha value is -1.96. The van der Waals surface area contributed by atoms with E-state index in [-0.39, 0.29) is 0 Å². The van der Waals surface area contributed by atoms with Crippen molar-refractivity contribution in [3.8, 4) is 16.9 Å². The summed E-state index contributed by atoms with van der Waals surface area (Å²) in [6, 6.07) is 12.6. The predicted octanol–water partition coefficient (Wildman–Crippen LogP) is 4.02. The average molecular weight is 253 g/mol. The van der Waals surface area contributed by atoms with Gasteiger partial charge in [-0.05, 0) is 34.7 Å². The van der Waals surface area contributed by atoms with Crippen molar-refractivity contribution in [1.29, 1.82) is 0 Å². The quantitative estimate of drug-likeness (QED) is 0.563. The van der Waals surface area contributed by atoms with Crippen LogP contribution in [-0.4, -0.2) is 6.61 Å². The first-order chi connectivity index (χ1) is 9.31. The summed E-state index contributed by atoms with van der Waals surface area (Å²) < 4.78 is 5.78. The lowest BCUT2D eigenvalue weighted by atomic mass is 10.0. The molecule has 0 radical (unpaired) electrons. The van der Waals surface area contributed by atoms with Gasteiger partial charge in [0, 0.05) is 6.42 Å². The van der Waals surface area contributed by atoms with E-state index in [2.05, 4.69) is 37.3 Å². The summed E-state index contributed by atoms with van der Waals surface area (Å²) in [4.78, 5) is 0. The Bertz CT molecular complexity index is 604. The van der Waals surface area contributed by atoms with E-state index in [0.717, 1.165) is 37.3 Å². The minimum absolute atomic E-state index is 0.742. The Morgan fingerprint density at radius 3 is 2.79 bits per heavy atom.